The summed E-state index contributed by atoms with van der Waals surface area (Å²) >= 11 is 1.77. The molecule has 0 saturated carbocycles. The molecule has 1 aromatic carbocycles. The average molecular weight is 500 g/mol. The van der Waals surface area contributed by atoms with Crippen molar-refractivity contribution in [2.75, 3.05) is 7.05 Å². The normalized spacial score (nSPS) is 13.9. The molecule has 3 amide bonds. The van der Waals surface area contributed by atoms with Gasteiger partial charge in [0.1, 0.15) is 0 Å². The van der Waals surface area contributed by atoms with Crippen LogP contribution < -0.4 is 16.1 Å². The first-order valence-electron chi connectivity index (χ1n) is 8.18. The van der Waals surface area contributed by atoms with Crippen molar-refractivity contribution in [1.82, 2.24) is 16.1 Å². The Morgan fingerprint density at radius 1 is 1.14 bits per heavy atom. The first-order chi connectivity index (χ1) is 13.2. The summed E-state index contributed by atoms with van der Waals surface area (Å²) in [6.07, 6.45) is 2.69. The van der Waals surface area contributed by atoms with Crippen LogP contribution in [0.2, 0.25) is 0 Å². The number of aliphatic hydroxyl groups is 1. The predicted octanol–water partition coefficient (Wildman–Crippen LogP) is 1.49. The summed E-state index contributed by atoms with van der Waals surface area (Å²) in [7, 11) is 1.29. The molecule has 0 bridgehead atoms. The molecule has 2 unspecified atom stereocenters. The number of carbonyl (C=O) groups excluding carboxylic acids is 3. The van der Waals surface area contributed by atoms with Gasteiger partial charge in [-0.2, -0.15) is 0 Å². The van der Waals surface area contributed by atoms with Crippen LogP contribution in [0.4, 0.5) is 0 Å². The Bertz CT molecular complexity index is 803. The lowest BCUT2D eigenvalue weighted by atomic mass is 10.0. The standard InChI is InChI=1S/C18H21IN4O5/c1-10(12-5-7-13(8-6-12)11(2)24)4-9-14(19)16(25)21-15(17(26)20-3)18(27)22-23-28/h4-9,11,15,24H,1-3H3,(H,20,26)(H,21,25)(H,22,27,28)/b10-4+,14-9-. The van der Waals surface area contributed by atoms with Crippen LogP contribution in [0.25, 0.3) is 5.57 Å². The van der Waals surface area contributed by atoms with Gasteiger partial charge in [0.2, 0.25) is 0 Å². The molecule has 0 spiro atoms. The highest BCUT2D eigenvalue weighted by molar-refractivity contribution is 14.1. The number of benzene rings is 1. The van der Waals surface area contributed by atoms with E-state index >= 15 is 0 Å². The molecule has 1 aromatic rings. The molecule has 0 aliphatic rings. The predicted molar refractivity (Wildman–Crippen MR) is 113 cm³/mol. The zero-order valence-electron chi connectivity index (χ0n) is 15.5. The number of hydrogen-bond acceptors (Lipinski definition) is 6. The van der Waals surface area contributed by atoms with Crippen LogP contribution in [0, 0.1) is 4.91 Å². The number of halogens is 1. The zero-order chi connectivity index (χ0) is 21.3. The van der Waals surface area contributed by atoms with Gasteiger partial charge in [-0.3, -0.25) is 14.4 Å². The minimum Gasteiger partial charge on any atom is -0.389 e. The molecule has 28 heavy (non-hydrogen) atoms. The number of nitrogens with one attached hydrogen (secondary N) is 3. The van der Waals surface area contributed by atoms with E-state index in [0.29, 0.717) is 0 Å². The van der Waals surface area contributed by atoms with Crippen LogP contribution in [0.15, 0.2) is 45.3 Å². The molecule has 9 nitrogen and oxygen atoms in total. The van der Waals surface area contributed by atoms with E-state index in [1.165, 1.54) is 13.1 Å². The van der Waals surface area contributed by atoms with Crippen molar-refractivity contribution in [3.8, 4) is 0 Å². The summed E-state index contributed by atoms with van der Waals surface area (Å²) in [5, 5.41) is 16.2. The Balaban J connectivity index is 2.90. The molecule has 10 heteroatoms. The topological polar surface area (TPSA) is 137 Å². The molecule has 0 aliphatic heterocycles. The molecule has 0 heterocycles. The Labute approximate surface area is 175 Å². The lowest BCUT2D eigenvalue weighted by Crippen LogP contribution is -2.53. The lowest BCUT2D eigenvalue weighted by Gasteiger charge is -2.14. The Hall–Kier alpha value is -2.60. The summed E-state index contributed by atoms with van der Waals surface area (Å²) in [5.74, 6) is -2.50. The van der Waals surface area contributed by atoms with Gasteiger partial charge in [0.05, 0.1) is 15.0 Å². The van der Waals surface area contributed by atoms with Crippen LogP contribution in [-0.2, 0) is 14.4 Å². The van der Waals surface area contributed by atoms with Crippen LogP contribution in [0.3, 0.4) is 0 Å². The van der Waals surface area contributed by atoms with Crippen LogP contribution >= 0.6 is 22.6 Å². The smallest absolute Gasteiger partial charge is 0.275 e. The first-order valence-corrected chi connectivity index (χ1v) is 9.26. The summed E-state index contributed by atoms with van der Waals surface area (Å²) < 4.78 is 0.221. The van der Waals surface area contributed by atoms with Gasteiger partial charge in [0.25, 0.3) is 17.7 Å². The minimum atomic E-state index is -1.59. The second kappa shape index (κ2) is 11.3. The van der Waals surface area contributed by atoms with E-state index in [1.807, 2.05) is 31.2 Å². The highest BCUT2D eigenvalue weighted by Gasteiger charge is 2.28. The summed E-state index contributed by atoms with van der Waals surface area (Å²) in [4.78, 5) is 45.8. The molecule has 0 radical (unpaired) electrons. The van der Waals surface area contributed by atoms with Gasteiger partial charge in [0, 0.05) is 7.05 Å². The number of likely N-dealkylation sites (N-methyl/N-ethyl adjacent to an activating group) is 1. The molecule has 4 N–H and O–H groups in total. The largest absolute Gasteiger partial charge is 0.389 e. The quantitative estimate of drug-likeness (QED) is 0.107. The molecule has 0 fully saturated rings. The fourth-order valence-electron chi connectivity index (χ4n) is 2.10. The SMILES string of the molecule is CNC(=O)C(NC(=O)/C(I)=C/C=C(\C)c1ccc(C(C)O)cc1)C(=O)NN=O. The number of aliphatic hydroxyl groups excluding tert-OH is 1. The Morgan fingerprint density at radius 3 is 2.25 bits per heavy atom. The van der Waals surface area contributed by atoms with Gasteiger partial charge in [-0.05, 0) is 59.2 Å². The van der Waals surface area contributed by atoms with Gasteiger partial charge in [-0.1, -0.05) is 30.3 Å². The highest BCUT2D eigenvalue weighted by Crippen LogP contribution is 2.19. The zero-order valence-corrected chi connectivity index (χ0v) is 17.7. The van der Waals surface area contributed by atoms with Crippen molar-refractivity contribution in [1.29, 1.82) is 0 Å². The highest BCUT2D eigenvalue weighted by atomic mass is 127. The number of amides is 3. The molecule has 0 aliphatic carbocycles. The minimum absolute atomic E-state index is 0.221. The molecule has 2 atom stereocenters. The van der Waals surface area contributed by atoms with E-state index in [4.69, 9.17) is 0 Å². The van der Waals surface area contributed by atoms with Gasteiger partial charge in [-0.25, -0.2) is 5.43 Å². The number of hydrogen-bond donors (Lipinski definition) is 4. The van der Waals surface area contributed by atoms with Gasteiger partial charge < -0.3 is 15.7 Å². The average Bonchev–Trinajstić information content (AvgIpc) is 2.69. The van der Waals surface area contributed by atoms with Crippen molar-refractivity contribution < 1.29 is 19.5 Å². The van der Waals surface area contributed by atoms with Gasteiger partial charge >= 0.3 is 0 Å². The summed E-state index contributed by atoms with van der Waals surface area (Å²) in [5.41, 5.74) is 4.16. The van der Waals surface area contributed by atoms with E-state index in [0.717, 1.165) is 16.7 Å². The lowest BCUT2D eigenvalue weighted by molar-refractivity contribution is -0.135. The molecule has 1 rings (SSSR count). The number of rotatable bonds is 8. The number of nitrogens with zero attached hydrogens (tertiary/aromatic N) is 1. The summed E-state index contributed by atoms with van der Waals surface area (Å²) in [6, 6.07) is 5.74. The second-order valence-corrected chi connectivity index (χ2v) is 6.91. The molecular formula is C18H21IN4O5. The maximum absolute atomic E-state index is 12.2. The molecule has 0 saturated heterocycles. The maximum Gasteiger partial charge on any atom is 0.275 e. The van der Waals surface area contributed by atoms with Crippen LogP contribution in [0.5, 0.6) is 0 Å². The molecule has 150 valence electrons. The number of allylic oxidation sites excluding steroid dienone is 3. The summed E-state index contributed by atoms with van der Waals surface area (Å²) in [6.45, 7) is 3.53. The van der Waals surface area contributed by atoms with Crippen LogP contribution in [0.1, 0.15) is 31.1 Å². The second-order valence-electron chi connectivity index (χ2n) is 5.75. The maximum atomic E-state index is 12.2. The van der Waals surface area contributed by atoms with Crippen molar-refractivity contribution >= 4 is 45.9 Å². The third-order valence-electron chi connectivity index (χ3n) is 3.75. The van der Waals surface area contributed by atoms with Gasteiger partial charge in [-0.15, -0.1) is 4.91 Å². The number of carbonyl (C=O) groups is 3. The van der Waals surface area contributed by atoms with Gasteiger partial charge in [0.15, 0.2) is 6.04 Å². The van der Waals surface area contributed by atoms with E-state index < -0.39 is 29.9 Å². The van der Waals surface area contributed by atoms with Crippen LogP contribution in [-0.4, -0.2) is 35.9 Å². The van der Waals surface area contributed by atoms with E-state index in [2.05, 4.69) is 15.9 Å². The Morgan fingerprint density at radius 2 is 1.75 bits per heavy atom. The van der Waals surface area contributed by atoms with Crippen molar-refractivity contribution in [2.24, 2.45) is 5.29 Å². The number of nitroso groups, excluding NO2 is 1. The van der Waals surface area contributed by atoms with Crippen molar-refractivity contribution in [3.05, 3.63) is 56.0 Å². The third-order valence-corrected chi connectivity index (χ3v) is 4.60. The van der Waals surface area contributed by atoms with Crippen molar-refractivity contribution in [2.45, 2.75) is 26.0 Å². The first kappa shape index (κ1) is 23.4. The molecular weight excluding hydrogens is 479 g/mol. The fourth-order valence-corrected chi connectivity index (χ4v) is 2.43. The fraction of sp³-hybridized carbons (Fsp3) is 0.278. The van der Waals surface area contributed by atoms with E-state index in [9.17, 15) is 24.4 Å². The van der Waals surface area contributed by atoms with Crippen molar-refractivity contribution in [3.63, 3.8) is 0 Å². The van der Waals surface area contributed by atoms with E-state index in [-0.39, 0.29) is 3.58 Å². The monoisotopic (exact) mass is 500 g/mol. The Kier molecular flexibility index (Phi) is 9.45. The molecule has 0 aromatic heterocycles. The third kappa shape index (κ3) is 6.85. The van der Waals surface area contributed by atoms with E-state index in [1.54, 1.807) is 41.0 Å².